The fourth-order valence-electron chi connectivity index (χ4n) is 1.83. The first-order valence-corrected chi connectivity index (χ1v) is 4.69. The molecule has 0 bridgehead atoms. The highest BCUT2D eigenvalue weighted by atomic mass is 19.1. The second-order valence-corrected chi connectivity index (χ2v) is 3.94. The predicted octanol–water partition coefficient (Wildman–Crippen LogP) is -0.666. The molecule has 88 valence electrons. The van der Waals surface area contributed by atoms with Crippen molar-refractivity contribution in [3.8, 4) is 0 Å². The summed E-state index contributed by atoms with van der Waals surface area (Å²) in [7, 11) is 0. The predicted molar refractivity (Wildman–Crippen MR) is 48.5 cm³/mol. The van der Waals surface area contributed by atoms with E-state index in [0.717, 1.165) is 0 Å². The van der Waals surface area contributed by atoms with Crippen molar-refractivity contribution in [1.82, 2.24) is 16.0 Å². The van der Waals surface area contributed by atoms with Gasteiger partial charge in [-0.05, 0) is 12.8 Å². The molecule has 2 fully saturated rings. The van der Waals surface area contributed by atoms with Gasteiger partial charge in [0.05, 0.1) is 6.54 Å². The Morgan fingerprint density at radius 1 is 1.50 bits per heavy atom. The van der Waals surface area contributed by atoms with Crippen molar-refractivity contribution in [2.75, 3.05) is 6.54 Å². The van der Waals surface area contributed by atoms with Crippen LogP contribution in [-0.4, -0.2) is 40.9 Å². The number of hydrogen-bond donors (Lipinski definition) is 4. The smallest absolute Gasteiger partial charge is 0.404 e. The Morgan fingerprint density at radius 2 is 2.12 bits per heavy atom. The lowest BCUT2D eigenvalue weighted by atomic mass is 9.91. The number of nitrogens with one attached hydrogen (secondary N) is 3. The van der Waals surface area contributed by atoms with Crippen molar-refractivity contribution in [1.29, 1.82) is 0 Å². The van der Waals surface area contributed by atoms with Gasteiger partial charge >= 0.3 is 12.1 Å². The molecule has 1 aliphatic carbocycles. The molecule has 8 heteroatoms. The summed E-state index contributed by atoms with van der Waals surface area (Å²) in [6.07, 6.45) is -1.12. The summed E-state index contributed by atoms with van der Waals surface area (Å²) in [4.78, 5) is 32.9. The molecule has 0 aromatic rings. The third-order valence-corrected chi connectivity index (χ3v) is 2.90. The van der Waals surface area contributed by atoms with Gasteiger partial charge in [-0.3, -0.25) is 10.1 Å². The zero-order valence-corrected chi connectivity index (χ0v) is 8.17. The molecule has 1 unspecified atom stereocenters. The van der Waals surface area contributed by atoms with Crippen LogP contribution < -0.4 is 16.0 Å². The average Bonchev–Trinajstić information content (AvgIpc) is 2.84. The normalized spacial score (nSPS) is 30.6. The van der Waals surface area contributed by atoms with Gasteiger partial charge in [-0.1, -0.05) is 0 Å². The summed E-state index contributed by atoms with van der Waals surface area (Å²) < 4.78 is 14.0. The Balaban J connectivity index is 2.23. The molecule has 1 heterocycles. The van der Waals surface area contributed by atoms with Gasteiger partial charge < -0.3 is 15.7 Å². The Bertz CT molecular complexity index is 381. The van der Waals surface area contributed by atoms with Crippen molar-refractivity contribution in [2.45, 2.75) is 24.0 Å². The molecule has 16 heavy (non-hydrogen) atoms. The minimum Gasteiger partial charge on any atom is -0.465 e. The standard InChI is InChI=1S/C8H10FN3O4/c9-7(1-2-7)8(3-10-6(15)16)4(13)11-5(14)12-8/h10H,1-3H2,(H,15,16)(H2,11,12,13,14). The third kappa shape index (κ3) is 1.37. The van der Waals surface area contributed by atoms with E-state index in [1.54, 1.807) is 0 Å². The number of carbonyl (C=O) groups excluding carboxylic acids is 2. The molecule has 0 spiro atoms. The molecule has 1 saturated heterocycles. The number of urea groups is 1. The van der Waals surface area contributed by atoms with Crippen LogP contribution in [0.25, 0.3) is 0 Å². The van der Waals surface area contributed by atoms with E-state index < -0.39 is 35.8 Å². The van der Waals surface area contributed by atoms with Gasteiger partial charge in [0.25, 0.3) is 5.91 Å². The maximum atomic E-state index is 14.0. The summed E-state index contributed by atoms with van der Waals surface area (Å²) >= 11 is 0. The first-order valence-electron chi connectivity index (χ1n) is 4.69. The highest BCUT2D eigenvalue weighted by Crippen LogP contribution is 2.49. The van der Waals surface area contributed by atoms with Crippen molar-refractivity contribution < 1.29 is 23.9 Å². The number of amides is 4. The fraction of sp³-hybridized carbons (Fsp3) is 0.625. The summed E-state index contributed by atoms with van der Waals surface area (Å²) in [6.45, 7) is -0.476. The zero-order chi connectivity index (χ0) is 12.0. The van der Waals surface area contributed by atoms with Crippen LogP contribution >= 0.6 is 0 Å². The minimum absolute atomic E-state index is 0.127. The second-order valence-electron chi connectivity index (χ2n) is 3.94. The molecule has 4 N–H and O–H groups in total. The SMILES string of the molecule is O=C(O)NCC1(C2(F)CC2)NC(=O)NC1=O. The van der Waals surface area contributed by atoms with Gasteiger partial charge in [0, 0.05) is 0 Å². The fourth-order valence-corrected chi connectivity index (χ4v) is 1.83. The number of halogens is 1. The van der Waals surface area contributed by atoms with Crippen LogP contribution in [0.5, 0.6) is 0 Å². The lowest BCUT2D eigenvalue weighted by molar-refractivity contribution is -0.126. The van der Waals surface area contributed by atoms with E-state index >= 15 is 0 Å². The average molecular weight is 231 g/mol. The monoisotopic (exact) mass is 231 g/mol. The molecular weight excluding hydrogens is 221 g/mol. The lowest BCUT2D eigenvalue weighted by Gasteiger charge is -2.29. The van der Waals surface area contributed by atoms with E-state index in [1.807, 2.05) is 10.6 Å². The Hall–Kier alpha value is -1.86. The summed E-state index contributed by atoms with van der Waals surface area (Å²) in [5.41, 5.74) is -3.66. The number of alkyl halides is 1. The molecule has 1 aliphatic heterocycles. The highest BCUT2D eigenvalue weighted by Gasteiger charge is 2.68. The Labute approximate surface area is 89.4 Å². The van der Waals surface area contributed by atoms with E-state index in [9.17, 15) is 18.8 Å². The van der Waals surface area contributed by atoms with E-state index in [4.69, 9.17) is 5.11 Å². The van der Waals surface area contributed by atoms with Crippen molar-refractivity contribution in [2.24, 2.45) is 0 Å². The first kappa shape index (κ1) is 10.7. The molecule has 1 atom stereocenters. The molecule has 2 aliphatic rings. The number of imide groups is 1. The molecule has 0 radical (unpaired) electrons. The lowest BCUT2D eigenvalue weighted by Crippen LogP contribution is -2.62. The Kier molecular flexibility index (Phi) is 2.04. The van der Waals surface area contributed by atoms with Crippen molar-refractivity contribution >= 4 is 18.0 Å². The van der Waals surface area contributed by atoms with Crippen LogP contribution in [0.15, 0.2) is 0 Å². The summed E-state index contributed by atoms with van der Waals surface area (Å²) in [5.74, 6) is -0.828. The first-order chi connectivity index (χ1) is 7.40. The highest BCUT2D eigenvalue weighted by molar-refractivity contribution is 6.08. The molecule has 4 amide bonds. The Morgan fingerprint density at radius 3 is 2.50 bits per heavy atom. The minimum atomic E-state index is -1.86. The topological polar surface area (TPSA) is 108 Å². The quantitative estimate of drug-likeness (QED) is 0.483. The van der Waals surface area contributed by atoms with Crippen LogP contribution in [0, 0.1) is 0 Å². The maximum absolute atomic E-state index is 14.0. The molecule has 0 aromatic heterocycles. The van der Waals surface area contributed by atoms with E-state index in [-0.39, 0.29) is 12.8 Å². The third-order valence-electron chi connectivity index (χ3n) is 2.90. The number of carboxylic acid groups (broad SMARTS) is 1. The van der Waals surface area contributed by atoms with E-state index in [0.29, 0.717) is 0 Å². The van der Waals surface area contributed by atoms with Crippen molar-refractivity contribution in [3.05, 3.63) is 0 Å². The number of carbonyl (C=O) groups is 3. The van der Waals surface area contributed by atoms with E-state index in [2.05, 4.69) is 5.32 Å². The summed E-state index contributed by atoms with van der Waals surface area (Å²) in [6, 6.07) is -0.805. The zero-order valence-electron chi connectivity index (χ0n) is 8.17. The summed E-state index contributed by atoms with van der Waals surface area (Å²) in [5, 5.41) is 14.5. The van der Waals surface area contributed by atoms with Crippen molar-refractivity contribution in [3.63, 3.8) is 0 Å². The van der Waals surface area contributed by atoms with Gasteiger partial charge in [0.1, 0.15) is 5.67 Å². The van der Waals surface area contributed by atoms with Crippen LogP contribution in [0.2, 0.25) is 0 Å². The number of rotatable bonds is 3. The van der Waals surface area contributed by atoms with Crippen LogP contribution in [0.3, 0.4) is 0 Å². The maximum Gasteiger partial charge on any atom is 0.404 e. The van der Waals surface area contributed by atoms with Gasteiger partial charge in [-0.25, -0.2) is 14.0 Å². The number of hydrogen-bond acceptors (Lipinski definition) is 3. The molecule has 7 nitrogen and oxygen atoms in total. The van der Waals surface area contributed by atoms with Crippen LogP contribution in [-0.2, 0) is 4.79 Å². The molecule has 2 rings (SSSR count). The van der Waals surface area contributed by atoms with Crippen LogP contribution in [0.4, 0.5) is 14.0 Å². The molecule has 1 saturated carbocycles. The van der Waals surface area contributed by atoms with E-state index in [1.165, 1.54) is 0 Å². The van der Waals surface area contributed by atoms with Gasteiger partial charge in [0.15, 0.2) is 5.54 Å². The van der Waals surface area contributed by atoms with Gasteiger partial charge in [-0.2, -0.15) is 0 Å². The largest absolute Gasteiger partial charge is 0.465 e. The van der Waals surface area contributed by atoms with Gasteiger partial charge in [0.2, 0.25) is 0 Å². The molecular formula is C8H10FN3O4. The van der Waals surface area contributed by atoms with Gasteiger partial charge in [-0.15, -0.1) is 0 Å². The molecule has 0 aromatic carbocycles. The second kappa shape index (κ2) is 3.06. The van der Waals surface area contributed by atoms with Crippen LogP contribution in [0.1, 0.15) is 12.8 Å².